The number of carbonyl (C=O) groups is 2. The van der Waals surface area contributed by atoms with E-state index in [0.717, 1.165) is 47.8 Å². The number of carbonyl (C=O) groups excluding carboxylic acids is 2. The molecule has 2 aromatic carbocycles. The zero-order valence-corrected chi connectivity index (χ0v) is 23.4. The van der Waals surface area contributed by atoms with Crippen molar-refractivity contribution in [1.29, 1.82) is 0 Å². The molecule has 40 heavy (non-hydrogen) atoms. The minimum absolute atomic E-state index is 0.0119. The number of thiazole rings is 1. The van der Waals surface area contributed by atoms with Gasteiger partial charge in [0.1, 0.15) is 0 Å². The van der Waals surface area contributed by atoms with Crippen LogP contribution in [0.15, 0.2) is 53.9 Å². The Morgan fingerprint density at radius 2 is 1.90 bits per heavy atom. The highest BCUT2D eigenvalue weighted by atomic mass is 32.1. The number of hydrogen-bond donors (Lipinski definition) is 1. The van der Waals surface area contributed by atoms with Crippen molar-refractivity contribution < 1.29 is 19.2 Å². The summed E-state index contributed by atoms with van der Waals surface area (Å²) < 4.78 is 5.54. The van der Waals surface area contributed by atoms with Crippen molar-refractivity contribution in [2.24, 2.45) is 11.3 Å². The second-order valence-corrected chi connectivity index (χ2v) is 11.5. The number of pyridine rings is 1. The highest BCUT2D eigenvalue weighted by Gasteiger charge is 2.34. The largest absolute Gasteiger partial charge is 0.452 e. The number of non-ortho nitro benzene ring substituents is 1. The minimum atomic E-state index is -0.536. The van der Waals surface area contributed by atoms with Gasteiger partial charge in [-0.3, -0.25) is 25.2 Å². The number of esters is 1. The number of anilines is 1. The first-order chi connectivity index (χ1) is 19.2. The Labute approximate surface area is 235 Å². The Bertz CT molecular complexity index is 1600. The van der Waals surface area contributed by atoms with Crippen LogP contribution in [-0.2, 0) is 22.4 Å². The molecule has 5 rings (SSSR count). The normalized spacial score (nSPS) is 14.9. The van der Waals surface area contributed by atoms with Crippen molar-refractivity contribution in [3.63, 3.8) is 0 Å². The topological polar surface area (TPSA) is 124 Å². The number of para-hydroxylation sites is 1. The fraction of sp³-hybridized carbons (Fsp3) is 0.333. The maximum atomic E-state index is 13.5. The fourth-order valence-corrected chi connectivity index (χ4v) is 5.89. The number of benzene rings is 2. The molecule has 0 radical (unpaired) electrons. The van der Waals surface area contributed by atoms with Gasteiger partial charge in [0.2, 0.25) is 0 Å². The molecule has 9 nitrogen and oxygen atoms in total. The van der Waals surface area contributed by atoms with Gasteiger partial charge in [-0.25, -0.2) is 9.78 Å². The number of amides is 1. The van der Waals surface area contributed by atoms with Crippen molar-refractivity contribution in [3.05, 3.63) is 80.8 Å². The molecule has 1 aliphatic carbocycles. The molecule has 2 aromatic heterocycles. The standard InChI is InChI=1S/C30H30N4O5S/c1-4-30(2,3)19-11-14-24-22(15-19)27(21-7-5-6-8-23(21)31-24)28(36)39-16-26(35)33-29-32-25(17-40-29)18-9-12-20(13-10-18)34(37)38/h5-10,12-13,17,19H,4,11,14-16H2,1-3H3,(H,32,33,35). The Morgan fingerprint density at radius 3 is 2.62 bits per heavy atom. The van der Waals surface area contributed by atoms with Crippen molar-refractivity contribution in [2.45, 2.75) is 46.5 Å². The van der Waals surface area contributed by atoms with Crippen LogP contribution >= 0.6 is 11.3 Å². The first-order valence-corrected chi connectivity index (χ1v) is 14.1. The lowest BCUT2D eigenvalue weighted by atomic mass is 9.68. The Balaban J connectivity index is 1.31. The molecule has 1 amide bonds. The van der Waals surface area contributed by atoms with Crippen molar-refractivity contribution in [2.75, 3.05) is 11.9 Å². The molecular weight excluding hydrogens is 528 g/mol. The lowest BCUT2D eigenvalue weighted by molar-refractivity contribution is -0.384. The van der Waals surface area contributed by atoms with Crippen LogP contribution in [0.4, 0.5) is 10.8 Å². The molecule has 1 N–H and O–H groups in total. The van der Waals surface area contributed by atoms with Crippen LogP contribution in [0.1, 0.15) is 55.2 Å². The summed E-state index contributed by atoms with van der Waals surface area (Å²) in [5.41, 5.74) is 4.48. The van der Waals surface area contributed by atoms with Gasteiger partial charge in [-0.15, -0.1) is 11.3 Å². The van der Waals surface area contributed by atoms with Crippen LogP contribution in [0, 0.1) is 21.4 Å². The summed E-state index contributed by atoms with van der Waals surface area (Å²) in [5, 5.41) is 16.4. The van der Waals surface area contributed by atoms with Gasteiger partial charge in [0.25, 0.3) is 11.6 Å². The van der Waals surface area contributed by atoms with E-state index in [1.54, 1.807) is 17.5 Å². The summed E-state index contributed by atoms with van der Waals surface area (Å²) in [5.74, 6) is -0.626. The Hall–Kier alpha value is -4.18. The van der Waals surface area contributed by atoms with E-state index in [0.29, 0.717) is 27.9 Å². The maximum absolute atomic E-state index is 13.5. The van der Waals surface area contributed by atoms with Crippen LogP contribution in [-0.4, -0.2) is 33.4 Å². The van der Waals surface area contributed by atoms with E-state index in [2.05, 4.69) is 31.1 Å². The molecule has 206 valence electrons. The zero-order chi connectivity index (χ0) is 28.4. The summed E-state index contributed by atoms with van der Waals surface area (Å²) in [4.78, 5) is 45.8. The van der Waals surface area contributed by atoms with Gasteiger partial charge in [0.15, 0.2) is 11.7 Å². The predicted molar refractivity (Wildman–Crippen MR) is 154 cm³/mol. The molecule has 0 spiro atoms. The number of aryl methyl sites for hydroxylation is 1. The molecule has 0 saturated carbocycles. The summed E-state index contributed by atoms with van der Waals surface area (Å²) in [6.45, 7) is 6.27. The smallest absolute Gasteiger partial charge is 0.339 e. The molecule has 10 heteroatoms. The lowest BCUT2D eigenvalue weighted by Crippen LogP contribution is -2.31. The first-order valence-electron chi connectivity index (χ1n) is 13.2. The number of nitro benzene ring substituents is 1. The first kappa shape index (κ1) is 27.4. The number of fused-ring (bicyclic) bond motifs is 2. The minimum Gasteiger partial charge on any atom is -0.452 e. The highest BCUT2D eigenvalue weighted by Crippen LogP contribution is 2.41. The van der Waals surface area contributed by atoms with E-state index in [1.807, 2.05) is 24.3 Å². The third-order valence-electron chi connectivity index (χ3n) is 7.94. The van der Waals surface area contributed by atoms with E-state index < -0.39 is 23.4 Å². The van der Waals surface area contributed by atoms with Crippen LogP contribution < -0.4 is 5.32 Å². The Kier molecular flexibility index (Phi) is 7.62. The van der Waals surface area contributed by atoms with Gasteiger partial charge in [0.05, 0.1) is 21.7 Å². The maximum Gasteiger partial charge on any atom is 0.339 e. The monoisotopic (exact) mass is 558 g/mol. The third-order valence-corrected chi connectivity index (χ3v) is 8.70. The van der Waals surface area contributed by atoms with Gasteiger partial charge >= 0.3 is 5.97 Å². The number of aromatic nitrogens is 2. The predicted octanol–water partition coefficient (Wildman–Crippen LogP) is 6.60. The van der Waals surface area contributed by atoms with Gasteiger partial charge in [0, 0.05) is 34.2 Å². The van der Waals surface area contributed by atoms with Crippen molar-refractivity contribution in [1.82, 2.24) is 9.97 Å². The zero-order valence-electron chi connectivity index (χ0n) is 22.6. The molecule has 1 aliphatic rings. The van der Waals surface area contributed by atoms with E-state index >= 15 is 0 Å². The molecule has 0 aliphatic heterocycles. The van der Waals surface area contributed by atoms with Gasteiger partial charge in [-0.05, 0) is 54.4 Å². The number of nitrogens with one attached hydrogen (secondary N) is 1. The second-order valence-electron chi connectivity index (χ2n) is 10.7. The molecule has 2 heterocycles. The number of hydrogen-bond acceptors (Lipinski definition) is 8. The lowest BCUT2D eigenvalue weighted by Gasteiger charge is -2.37. The average Bonchev–Trinajstić information content (AvgIpc) is 3.42. The van der Waals surface area contributed by atoms with Crippen LogP contribution in [0.3, 0.4) is 0 Å². The number of ether oxygens (including phenoxy) is 1. The molecule has 4 aromatic rings. The van der Waals surface area contributed by atoms with Crippen LogP contribution in [0.25, 0.3) is 22.2 Å². The number of nitro groups is 1. The quantitative estimate of drug-likeness (QED) is 0.147. The summed E-state index contributed by atoms with van der Waals surface area (Å²) >= 11 is 1.21. The number of nitrogens with zero attached hydrogens (tertiary/aromatic N) is 3. The SMILES string of the molecule is CCC(C)(C)C1CCc2nc3ccccc3c(C(=O)OCC(=O)Nc3nc(-c4ccc([N+](=O)[O-])cc4)cs3)c2C1. The molecule has 0 bridgehead atoms. The molecular formula is C30H30N4O5S. The summed E-state index contributed by atoms with van der Waals surface area (Å²) in [6.07, 6.45) is 3.60. The van der Waals surface area contributed by atoms with E-state index in [1.165, 1.54) is 23.5 Å². The molecule has 1 atom stereocenters. The molecule has 1 unspecified atom stereocenters. The van der Waals surface area contributed by atoms with Crippen molar-refractivity contribution >= 4 is 44.9 Å². The summed E-state index contributed by atoms with van der Waals surface area (Å²) in [7, 11) is 0. The molecule has 0 saturated heterocycles. The summed E-state index contributed by atoms with van der Waals surface area (Å²) in [6, 6.07) is 13.6. The number of rotatable bonds is 8. The second kappa shape index (κ2) is 11.1. The fourth-order valence-electron chi connectivity index (χ4n) is 5.15. The van der Waals surface area contributed by atoms with Crippen LogP contribution in [0.2, 0.25) is 0 Å². The van der Waals surface area contributed by atoms with Gasteiger partial charge < -0.3 is 4.74 Å². The highest BCUT2D eigenvalue weighted by molar-refractivity contribution is 7.14. The van der Waals surface area contributed by atoms with Gasteiger partial charge in [-0.2, -0.15) is 0 Å². The average molecular weight is 559 g/mol. The third kappa shape index (κ3) is 5.58. The van der Waals surface area contributed by atoms with E-state index in [9.17, 15) is 19.7 Å². The van der Waals surface area contributed by atoms with Crippen LogP contribution in [0.5, 0.6) is 0 Å². The molecule has 0 fully saturated rings. The Morgan fingerprint density at radius 1 is 1.15 bits per heavy atom. The van der Waals surface area contributed by atoms with E-state index in [4.69, 9.17) is 9.72 Å². The van der Waals surface area contributed by atoms with Gasteiger partial charge in [-0.1, -0.05) is 45.4 Å². The van der Waals surface area contributed by atoms with Crippen molar-refractivity contribution in [3.8, 4) is 11.3 Å². The van der Waals surface area contributed by atoms with E-state index in [-0.39, 0.29) is 11.1 Å².